The van der Waals surface area contributed by atoms with Crippen LogP contribution in [0.4, 0.5) is 11.4 Å². The van der Waals surface area contributed by atoms with Crippen LogP contribution in [0.3, 0.4) is 0 Å². The van der Waals surface area contributed by atoms with Crippen LogP contribution >= 0.6 is 11.8 Å². The van der Waals surface area contributed by atoms with E-state index in [0.717, 1.165) is 10.9 Å². The summed E-state index contributed by atoms with van der Waals surface area (Å²) in [5, 5.41) is 13.1. The molecule has 3 N–H and O–H groups in total. The first-order chi connectivity index (χ1) is 8.72. The minimum absolute atomic E-state index is 0.543. The minimum atomic E-state index is 0.543. The number of rotatable bonds is 4. The lowest BCUT2D eigenvalue weighted by molar-refractivity contribution is 0.757. The van der Waals surface area contributed by atoms with Gasteiger partial charge in [0.05, 0.1) is 11.3 Å². The zero-order valence-electron chi connectivity index (χ0n) is 10.6. The van der Waals surface area contributed by atoms with E-state index < -0.39 is 0 Å². The van der Waals surface area contributed by atoms with Crippen LogP contribution in [0.5, 0.6) is 0 Å². The Hall–Kier alpha value is -1.34. The molecule has 0 spiro atoms. The second-order valence-corrected chi connectivity index (χ2v) is 6.22. The molecule has 1 aromatic rings. The zero-order chi connectivity index (χ0) is 13.0. The quantitative estimate of drug-likeness (QED) is 0.817. The third-order valence-electron chi connectivity index (χ3n) is 3.33. The van der Waals surface area contributed by atoms with Gasteiger partial charge < -0.3 is 11.1 Å². The number of anilines is 2. The molecule has 1 aliphatic carbocycles. The van der Waals surface area contributed by atoms with Crippen molar-refractivity contribution in [1.29, 1.82) is 5.26 Å². The van der Waals surface area contributed by atoms with Crippen LogP contribution in [0.15, 0.2) is 18.2 Å². The summed E-state index contributed by atoms with van der Waals surface area (Å²) in [6, 6.07) is 8.21. The van der Waals surface area contributed by atoms with Crippen LogP contribution in [0.1, 0.15) is 31.7 Å². The highest BCUT2D eigenvalue weighted by molar-refractivity contribution is 7.99. The highest BCUT2D eigenvalue weighted by atomic mass is 32.2. The molecule has 0 heterocycles. The third-order valence-corrected chi connectivity index (χ3v) is 4.56. The Morgan fingerprint density at radius 2 is 2.33 bits per heavy atom. The van der Waals surface area contributed by atoms with Crippen LogP contribution in [-0.4, -0.2) is 17.0 Å². The second-order valence-electron chi connectivity index (χ2n) is 4.65. The highest BCUT2D eigenvalue weighted by Crippen LogP contribution is 2.31. The van der Waals surface area contributed by atoms with Crippen molar-refractivity contribution in [2.75, 3.05) is 16.8 Å². The first kappa shape index (κ1) is 13.1. The van der Waals surface area contributed by atoms with Gasteiger partial charge in [0.2, 0.25) is 0 Å². The average molecular weight is 261 g/mol. The molecule has 0 amide bonds. The van der Waals surface area contributed by atoms with Gasteiger partial charge in [-0.1, -0.05) is 6.92 Å². The van der Waals surface area contributed by atoms with Crippen LogP contribution in [0, 0.1) is 11.3 Å². The van der Waals surface area contributed by atoms with E-state index in [1.54, 1.807) is 6.07 Å². The lowest BCUT2D eigenvalue weighted by Gasteiger charge is -2.15. The van der Waals surface area contributed by atoms with E-state index in [9.17, 15) is 0 Å². The first-order valence-corrected chi connectivity index (χ1v) is 7.45. The maximum atomic E-state index is 8.83. The molecule has 18 heavy (non-hydrogen) atoms. The summed E-state index contributed by atoms with van der Waals surface area (Å²) in [5.41, 5.74) is 7.94. The summed E-state index contributed by atoms with van der Waals surface area (Å²) in [5.74, 6) is 1.20. The van der Waals surface area contributed by atoms with Crippen LogP contribution in [0.25, 0.3) is 0 Å². The van der Waals surface area contributed by atoms with Crippen molar-refractivity contribution in [3.63, 3.8) is 0 Å². The summed E-state index contributed by atoms with van der Waals surface area (Å²) in [6.07, 6.45) is 3.73. The molecule has 0 aromatic heterocycles. The second kappa shape index (κ2) is 6.01. The van der Waals surface area contributed by atoms with Crippen LogP contribution in [0.2, 0.25) is 0 Å². The Morgan fingerprint density at radius 3 is 3.00 bits per heavy atom. The van der Waals surface area contributed by atoms with Crippen molar-refractivity contribution >= 4 is 23.1 Å². The number of nitriles is 1. The van der Waals surface area contributed by atoms with Crippen molar-refractivity contribution < 1.29 is 0 Å². The fourth-order valence-electron chi connectivity index (χ4n) is 2.45. The molecule has 2 rings (SSSR count). The van der Waals surface area contributed by atoms with Gasteiger partial charge in [-0.05, 0) is 43.2 Å². The summed E-state index contributed by atoms with van der Waals surface area (Å²) >= 11 is 2.05. The predicted octanol–water partition coefficient (Wildman–Crippen LogP) is 3.23. The van der Waals surface area contributed by atoms with Gasteiger partial charge in [0, 0.05) is 17.0 Å². The van der Waals surface area contributed by atoms with E-state index in [1.165, 1.54) is 25.0 Å². The monoisotopic (exact) mass is 261 g/mol. The summed E-state index contributed by atoms with van der Waals surface area (Å²) in [7, 11) is 0. The molecule has 96 valence electrons. The minimum Gasteiger partial charge on any atom is -0.398 e. The van der Waals surface area contributed by atoms with Gasteiger partial charge in [-0.25, -0.2) is 0 Å². The fourth-order valence-corrected chi connectivity index (χ4v) is 3.59. The first-order valence-electron chi connectivity index (χ1n) is 6.40. The molecule has 0 aliphatic heterocycles. The molecule has 3 nitrogen and oxygen atoms in total. The average Bonchev–Trinajstić information content (AvgIpc) is 2.77. The fraction of sp³-hybridized carbons (Fsp3) is 0.500. The van der Waals surface area contributed by atoms with Gasteiger partial charge in [-0.3, -0.25) is 0 Å². The zero-order valence-corrected chi connectivity index (χ0v) is 11.5. The van der Waals surface area contributed by atoms with Gasteiger partial charge >= 0.3 is 0 Å². The normalized spacial score (nSPS) is 22.7. The molecule has 1 aromatic carbocycles. The number of nitrogens with two attached hydrogens (primary N) is 1. The van der Waals surface area contributed by atoms with Crippen LogP contribution < -0.4 is 11.1 Å². The topological polar surface area (TPSA) is 61.8 Å². The van der Waals surface area contributed by atoms with E-state index in [2.05, 4.69) is 30.1 Å². The van der Waals surface area contributed by atoms with E-state index in [0.29, 0.717) is 17.3 Å². The maximum absolute atomic E-state index is 8.83. The SMILES string of the molecule is CCSC1CCC(Nc2ccc(C#N)c(N)c2)C1. The summed E-state index contributed by atoms with van der Waals surface area (Å²) in [6.45, 7) is 2.22. The summed E-state index contributed by atoms with van der Waals surface area (Å²) in [4.78, 5) is 0. The smallest absolute Gasteiger partial charge is 0.101 e. The van der Waals surface area contributed by atoms with Gasteiger partial charge in [0.25, 0.3) is 0 Å². The molecule has 0 radical (unpaired) electrons. The number of hydrogen-bond acceptors (Lipinski definition) is 4. The van der Waals surface area contributed by atoms with E-state index in [-0.39, 0.29) is 0 Å². The van der Waals surface area contributed by atoms with Crippen molar-refractivity contribution in [3.8, 4) is 6.07 Å². The molecule has 1 aliphatic rings. The maximum Gasteiger partial charge on any atom is 0.101 e. The van der Waals surface area contributed by atoms with Gasteiger partial charge in [-0.2, -0.15) is 17.0 Å². The Kier molecular flexibility index (Phi) is 4.38. The van der Waals surface area contributed by atoms with Crippen molar-refractivity contribution in [3.05, 3.63) is 23.8 Å². The Balaban J connectivity index is 1.95. The number of benzene rings is 1. The van der Waals surface area contributed by atoms with Crippen molar-refractivity contribution in [2.45, 2.75) is 37.5 Å². The van der Waals surface area contributed by atoms with E-state index in [4.69, 9.17) is 11.0 Å². The Morgan fingerprint density at radius 1 is 1.50 bits per heavy atom. The number of thioether (sulfide) groups is 1. The lowest BCUT2D eigenvalue weighted by atomic mass is 10.1. The number of nitrogen functional groups attached to an aromatic ring is 1. The largest absolute Gasteiger partial charge is 0.398 e. The standard InChI is InChI=1S/C14H19N3S/c1-2-18-13-6-5-11(7-13)17-12-4-3-10(9-15)14(16)8-12/h3-4,8,11,13,17H,2,5-7,16H2,1H3. The molecule has 0 saturated heterocycles. The predicted molar refractivity (Wildman–Crippen MR) is 78.8 cm³/mol. The van der Waals surface area contributed by atoms with Gasteiger partial charge in [-0.15, -0.1) is 0 Å². The Bertz CT molecular complexity index is 453. The van der Waals surface area contributed by atoms with Crippen LogP contribution in [-0.2, 0) is 0 Å². The molecule has 0 bridgehead atoms. The van der Waals surface area contributed by atoms with Crippen molar-refractivity contribution in [2.24, 2.45) is 0 Å². The summed E-state index contributed by atoms with van der Waals surface area (Å²) < 4.78 is 0. The highest BCUT2D eigenvalue weighted by Gasteiger charge is 2.24. The van der Waals surface area contributed by atoms with E-state index >= 15 is 0 Å². The lowest BCUT2D eigenvalue weighted by Crippen LogP contribution is -2.16. The molecular formula is C14H19N3S. The number of hydrogen-bond donors (Lipinski definition) is 2. The van der Waals surface area contributed by atoms with Gasteiger partial charge in [0.1, 0.15) is 6.07 Å². The molecular weight excluding hydrogens is 242 g/mol. The molecule has 1 saturated carbocycles. The molecule has 1 fully saturated rings. The third kappa shape index (κ3) is 3.11. The molecule has 2 atom stereocenters. The molecule has 4 heteroatoms. The van der Waals surface area contributed by atoms with E-state index in [1.807, 2.05) is 12.1 Å². The van der Waals surface area contributed by atoms with Crippen molar-refractivity contribution in [1.82, 2.24) is 0 Å². The Labute approximate surface area is 113 Å². The number of nitrogens with one attached hydrogen (secondary N) is 1. The van der Waals surface area contributed by atoms with Gasteiger partial charge in [0.15, 0.2) is 0 Å². The molecule has 2 unspecified atom stereocenters. The number of nitrogens with zero attached hydrogens (tertiary/aromatic N) is 1.